The second kappa shape index (κ2) is 5.00. The normalized spacial score (nSPS) is 17.7. The number of hydrogen-bond donors (Lipinski definition) is 1. The molecule has 0 radical (unpaired) electrons. The number of halogens is 1. The van der Waals surface area contributed by atoms with Crippen molar-refractivity contribution in [2.75, 3.05) is 24.6 Å². The predicted molar refractivity (Wildman–Crippen MR) is 76.4 cm³/mol. The van der Waals surface area contributed by atoms with Crippen molar-refractivity contribution >= 4 is 38.7 Å². The molecule has 0 bridgehead atoms. The number of nitrogens with zero attached hydrogens (tertiary/aromatic N) is 2. The number of aromatic nitrogens is 2. The van der Waals surface area contributed by atoms with Gasteiger partial charge in [0.25, 0.3) is 0 Å². The van der Waals surface area contributed by atoms with Gasteiger partial charge in [0.05, 0.1) is 0 Å². The largest absolute Gasteiger partial charge is 0.341 e. The summed E-state index contributed by atoms with van der Waals surface area (Å²) in [4.78, 5) is 10.2. The lowest BCUT2D eigenvalue weighted by molar-refractivity contribution is 0.291. The minimum absolute atomic E-state index is 0.973. The summed E-state index contributed by atoms with van der Waals surface area (Å²) in [7, 11) is 0. The lowest BCUT2D eigenvalue weighted by Gasteiger charge is -2.25. The number of H-pyrrole nitrogens is 1. The van der Waals surface area contributed by atoms with Gasteiger partial charge in [-0.2, -0.15) is 11.8 Å². The van der Waals surface area contributed by atoms with Gasteiger partial charge in [-0.05, 0) is 28.1 Å². The van der Waals surface area contributed by atoms with Gasteiger partial charge >= 0.3 is 0 Å². The van der Waals surface area contributed by atoms with Crippen LogP contribution in [0.4, 0.5) is 0 Å². The number of hydrogen-bond acceptors (Lipinski definition) is 3. The quantitative estimate of drug-likeness (QED) is 0.925. The van der Waals surface area contributed by atoms with Crippen LogP contribution in [0.3, 0.4) is 0 Å². The summed E-state index contributed by atoms with van der Waals surface area (Å²) in [5.41, 5.74) is 2.21. The van der Waals surface area contributed by atoms with Gasteiger partial charge in [-0.1, -0.05) is 0 Å². The Morgan fingerprint density at radius 1 is 1.41 bits per heavy atom. The van der Waals surface area contributed by atoms with Gasteiger partial charge in [0.2, 0.25) is 0 Å². The highest BCUT2D eigenvalue weighted by molar-refractivity contribution is 9.10. The third-order valence-electron chi connectivity index (χ3n) is 3.06. The number of rotatable bonds is 2. The second-order valence-electron chi connectivity index (χ2n) is 4.21. The topological polar surface area (TPSA) is 31.9 Å². The van der Waals surface area contributed by atoms with Crippen LogP contribution >= 0.6 is 27.7 Å². The van der Waals surface area contributed by atoms with E-state index in [0.717, 1.165) is 12.2 Å². The lowest BCUT2D eigenvalue weighted by atomic mass is 10.3. The van der Waals surface area contributed by atoms with Crippen LogP contribution < -0.4 is 0 Å². The van der Waals surface area contributed by atoms with E-state index in [1.807, 2.05) is 24.0 Å². The minimum Gasteiger partial charge on any atom is -0.341 e. The molecule has 5 heteroatoms. The molecule has 0 saturated carbocycles. The van der Waals surface area contributed by atoms with Crippen LogP contribution in [0.5, 0.6) is 0 Å². The van der Waals surface area contributed by atoms with Gasteiger partial charge < -0.3 is 4.98 Å². The fourth-order valence-corrected chi connectivity index (χ4v) is 3.66. The van der Waals surface area contributed by atoms with Crippen molar-refractivity contribution < 1.29 is 0 Å². The summed E-state index contributed by atoms with van der Waals surface area (Å²) in [6.07, 6.45) is 1.83. The Bertz CT molecular complexity index is 519. The van der Waals surface area contributed by atoms with Gasteiger partial charge in [-0.3, -0.25) is 4.90 Å². The summed E-state index contributed by atoms with van der Waals surface area (Å²) < 4.78 is 1.17. The van der Waals surface area contributed by atoms with Gasteiger partial charge in [0.15, 0.2) is 0 Å². The molecular weight excluding hydrogens is 298 g/mol. The standard InChI is InChI=1S/C12H14BrN3S/c13-11-9-2-1-3-14-12(9)15-10(11)8-16-4-6-17-7-5-16/h1-3H,4-8H2,(H,14,15). The van der Waals surface area contributed by atoms with E-state index in [-0.39, 0.29) is 0 Å². The highest BCUT2D eigenvalue weighted by atomic mass is 79.9. The lowest BCUT2D eigenvalue weighted by Crippen LogP contribution is -2.32. The van der Waals surface area contributed by atoms with Gasteiger partial charge in [0.1, 0.15) is 5.65 Å². The maximum atomic E-state index is 4.35. The van der Waals surface area contributed by atoms with Gasteiger partial charge in [-0.15, -0.1) is 0 Å². The summed E-state index contributed by atoms with van der Waals surface area (Å²) in [5, 5.41) is 1.17. The number of nitrogens with one attached hydrogen (secondary N) is 1. The molecule has 0 aliphatic carbocycles. The maximum Gasteiger partial charge on any atom is 0.138 e. The molecule has 0 aromatic carbocycles. The molecule has 0 amide bonds. The minimum atomic E-state index is 0.973. The molecule has 1 saturated heterocycles. The first-order chi connectivity index (χ1) is 8.34. The molecule has 2 aromatic rings. The Hall–Kier alpha value is -0.520. The molecule has 0 atom stereocenters. The fourth-order valence-electron chi connectivity index (χ4n) is 2.13. The smallest absolute Gasteiger partial charge is 0.138 e. The van der Waals surface area contributed by atoms with E-state index in [4.69, 9.17) is 0 Å². The van der Waals surface area contributed by atoms with Crippen LogP contribution in [0.15, 0.2) is 22.8 Å². The first kappa shape index (κ1) is 11.6. The van der Waals surface area contributed by atoms with Gasteiger partial charge in [0, 0.05) is 52.9 Å². The van der Waals surface area contributed by atoms with Crippen molar-refractivity contribution in [1.82, 2.24) is 14.9 Å². The molecule has 2 aromatic heterocycles. The summed E-state index contributed by atoms with van der Waals surface area (Å²) in [5.74, 6) is 2.49. The van der Waals surface area contributed by atoms with E-state index in [1.165, 1.54) is 40.1 Å². The molecule has 1 fully saturated rings. The maximum absolute atomic E-state index is 4.35. The Labute approximate surface area is 113 Å². The SMILES string of the molecule is Brc1c(CN2CCSCC2)[nH]c2ncccc12. The second-order valence-corrected chi connectivity index (χ2v) is 6.22. The van der Waals surface area contributed by atoms with E-state index >= 15 is 0 Å². The van der Waals surface area contributed by atoms with E-state index in [0.29, 0.717) is 0 Å². The summed E-state index contributed by atoms with van der Waals surface area (Å²) >= 11 is 5.72. The molecule has 1 aliphatic rings. The van der Waals surface area contributed by atoms with E-state index in [1.54, 1.807) is 0 Å². The van der Waals surface area contributed by atoms with Crippen molar-refractivity contribution in [3.63, 3.8) is 0 Å². The van der Waals surface area contributed by atoms with Crippen LogP contribution in [0, 0.1) is 0 Å². The summed E-state index contributed by atoms with van der Waals surface area (Å²) in [6, 6.07) is 4.07. The van der Waals surface area contributed by atoms with Gasteiger partial charge in [-0.25, -0.2) is 4.98 Å². The highest BCUT2D eigenvalue weighted by Gasteiger charge is 2.15. The molecular formula is C12H14BrN3S. The molecule has 1 aliphatic heterocycles. The number of thioether (sulfide) groups is 1. The Balaban J connectivity index is 1.87. The van der Waals surface area contributed by atoms with Crippen LogP contribution in [0.25, 0.3) is 11.0 Å². The molecule has 3 nitrogen and oxygen atoms in total. The third kappa shape index (κ3) is 2.37. The van der Waals surface area contributed by atoms with Crippen molar-refractivity contribution in [3.8, 4) is 0 Å². The predicted octanol–water partition coefficient (Wildman–Crippen LogP) is 2.87. The fraction of sp³-hybridized carbons (Fsp3) is 0.417. The van der Waals surface area contributed by atoms with Crippen LogP contribution in [-0.2, 0) is 6.54 Å². The molecule has 0 unspecified atom stereocenters. The molecule has 3 heterocycles. The zero-order chi connectivity index (χ0) is 11.7. The Kier molecular flexibility index (Phi) is 3.40. The summed E-state index contributed by atoms with van der Waals surface area (Å²) in [6.45, 7) is 3.34. The molecule has 90 valence electrons. The molecule has 17 heavy (non-hydrogen) atoms. The first-order valence-electron chi connectivity index (χ1n) is 5.76. The average molecular weight is 312 g/mol. The van der Waals surface area contributed by atoms with E-state index in [9.17, 15) is 0 Å². The van der Waals surface area contributed by atoms with Crippen molar-refractivity contribution in [2.45, 2.75) is 6.54 Å². The van der Waals surface area contributed by atoms with Crippen molar-refractivity contribution in [1.29, 1.82) is 0 Å². The van der Waals surface area contributed by atoms with Crippen LogP contribution in [0.2, 0.25) is 0 Å². The van der Waals surface area contributed by atoms with Crippen molar-refractivity contribution in [3.05, 3.63) is 28.5 Å². The Morgan fingerprint density at radius 3 is 3.00 bits per heavy atom. The zero-order valence-corrected chi connectivity index (χ0v) is 11.9. The number of aromatic amines is 1. The van der Waals surface area contributed by atoms with E-state index in [2.05, 4.69) is 36.9 Å². The average Bonchev–Trinajstić information content (AvgIpc) is 2.68. The third-order valence-corrected chi connectivity index (χ3v) is 4.91. The molecule has 1 N–H and O–H groups in total. The van der Waals surface area contributed by atoms with Crippen LogP contribution in [0.1, 0.15) is 5.69 Å². The molecule has 0 spiro atoms. The number of pyridine rings is 1. The monoisotopic (exact) mass is 311 g/mol. The van der Waals surface area contributed by atoms with Crippen molar-refractivity contribution in [2.24, 2.45) is 0 Å². The molecule has 3 rings (SSSR count). The van der Waals surface area contributed by atoms with E-state index < -0.39 is 0 Å². The van der Waals surface area contributed by atoms with Crippen LogP contribution in [-0.4, -0.2) is 39.5 Å². The number of fused-ring (bicyclic) bond motifs is 1. The first-order valence-corrected chi connectivity index (χ1v) is 7.70. The zero-order valence-electron chi connectivity index (χ0n) is 9.45. The Morgan fingerprint density at radius 2 is 2.24 bits per heavy atom. The highest BCUT2D eigenvalue weighted by Crippen LogP contribution is 2.27.